The molecular formula is C49H27N3O2. The molecule has 0 saturated carbocycles. The summed E-state index contributed by atoms with van der Waals surface area (Å²) in [5.41, 5.74) is 6.04. The second-order valence-corrected chi connectivity index (χ2v) is 13.9. The number of benzene rings is 9. The summed E-state index contributed by atoms with van der Waals surface area (Å²) in [5, 5.41) is 13.2. The number of furan rings is 2. The average Bonchev–Trinajstić information content (AvgIpc) is 3.80. The number of aromatic nitrogens is 3. The van der Waals surface area contributed by atoms with Gasteiger partial charge in [-0.3, -0.25) is 0 Å². The molecule has 0 unspecified atom stereocenters. The largest absolute Gasteiger partial charge is 0.456 e. The van der Waals surface area contributed by atoms with E-state index >= 15 is 0 Å². The van der Waals surface area contributed by atoms with E-state index < -0.39 is 0 Å². The maximum Gasteiger partial charge on any atom is 0.165 e. The van der Waals surface area contributed by atoms with Crippen molar-refractivity contribution in [2.75, 3.05) is 0 Å². The van der Waals surface area contributed by atoms with Crippen LogP contribution in [0.2, 0.25) is 0 Å². The summed E-state index contributed by atoms with van der Waals surface area (Å²) >= 11 is 0. The Kier molecular flexibility index (Phi) is 5.99. The number of rotatable bonds is 3. The minimum Gasteiger partial charge on any atom is -0.456 e. The highest BCUT2D eigenvalue weighted by Gasteiger charge is 2.23. The van der Waals surface area contributed by atoms with Crippen LogP contribution in [0.5, 0.6) is 0 Å². The number of fused-ring (bicyclic) bond motifs is 14. The van der Waals surface area contributed by atoms with Crippen LogP contribution in [0, 0.1) is 0 Å². The van der Waals surface area contributed by atoms with Crippen LogP contribution in [0.4, 0.5) is 0 Å². The predicted octanol–water partition coefficient (Wildman–Crippen LogP) is 13.3. The molecule has 0 saturated heterocycles. The molecule has 0 aliphatic heterocycles. The van der Waals surface area contributed by atoms with Crippen molar-refractivity contribution in [1.82, 2.24) is 15.0 Å². The van der Waals surface area contributed by atoms with E-state index in [-0.39, 0.29) is 0 Å². The van der Waals surface area contributed by atoms with E-state index in [0.29, 0.717) is 17.5 Å². The molecule has 0 fully saturated rings. The molecule has 0 amide bonds. The van der Waals surface area contributed by atoms with Gasteiger partial charge in [-0.2, -0.15) is 0 Å². The molecule has 0 spiro atoms. The normalized spacial score (nSPS) is 12.1. The van der Waals surface area contributed by atoms with Crippen LogP contribution in [-0.2, 0) is 0 Å². The van der Waals surface area contributed by atoms with Crippen LogP contribution in [0.3, 0.4) is 0 Å². The van der Waals surface area contributed by atoms with Crippen molar-refractivity contribution in [3.63, 3.8) is 0 Å². The van der Waals surface area contributed by atoms with Gasteiger partial charge in [0.25, 0.3) is 0 Å². The van der Waals surface area contributed by atoms with Gasteiger partial charge < -0.3 is 8.83 Å². The number of nitrogens with zero attached hydrogens (tertiary/aromatic N) is 3. The van der Waals surface area contributed by atoms with Crippen LogP contribution in [0.1, 0.15) is 0 Å². The van der Waals surface area contributed by atoms with Crippen molar-refractivity contribution in [3.05, 3.63) is 164 Å². The predicted molar refractivity (Wildman–Crippen MR) is 221 cm³/mol. The second kappa shape index (κ2) is 11.1. The van der Waals surface area contributed by atoms with Crippen LogP contribution in [0.25, 0.3) is 121 Å². The molecule has 0 bridgehead atoms. The van der Waals surface area contributed by atoms with Gasteiger partial charge in [0.2, 0.25) is 0 Å². The van der Waals surface area contributed by atoms with Crippen molar-refractivity contribution in [1.29, 1.82) is 0 Å². The fraction of sp³-hybridized carbons (Fsp3) is 0. The third kappa shape index (κ3) is 4.18. The molecule has 0 radical (unpaired) electrons. The molecule has 5 nitrogen and oxygen atoms in total. The minimum absolute atomic E-state index is 0.586. The van der Waals surface area contributed by atoms with Crippen molar-refractivity contribution in [3.8, 4) is 34.2 Å². The zero-order valence-electron chi connectivity index (χ0n) is 28.7. The molecule has 12 rings (SSSR count). The van der Waals surface area contributed by atoms with E-state index in [9.17, 15) is 0 Å². The molecule has 0 aliphatic rings. The van der Waals surface area contributed by atoms with Crippen LogP contribution in [0.15, 0.2) is 173 Å². The average molecular weight is 690 g/mol. The summed E-state index contributed by atoms with van der Waals surface area (Å²) in [7, 11) is 0. The second-order valence-electron chi connectivity index (χ2n) is 13.9. The quantitative estimate of drug-likeness (QED) is 0.173. The first-order valence-electron chi connectivity index (χ1n) is 18.1. The first kappa shape index (κ1) is 29.2. The lowest BCUT2D eigenvalue weighted by Gasteiger charge is -2.12. The lowest BCUT2D eigenvalue weighted by molar-refractivity contribution is 0.669. The van der Waals surface area contributed by atoms with Gasteiger partial charge in [-0.1, -0.05) is 127 Å². The van der Waals surface area contributed by atoms with Crippen molar-refractivity contribution in [2.45, 2.75) is 0 Å². The van der Waals surface area contributed by atoms with Gasteiger partial charge in [-0.25, -0.2) is 15.0 Å². The van der Waals surface area contributed by atoms with E-state index in [2.05, 4.69) is 103 Å². The standard InChI is InChI=1S/C49H27N3O2/c1-2-12-28(13-3-1)47-50-48(30-22-25-41-39(26-30)35-19-10-11-21-40(35)53-41)52-49(51-47)45-31-15-5-4-14-29(31)27-42-44(45)38-24-23-37-34-18-7-6-16-32(34)33-17-8-9-20-36(33)43(37)46(38)54-42/h1-27H. The van der Waals surface area contributed by atoms with E-state index in [0.717, 1.165) is 87.5 Å². The maximum absolute atomic E-state index is 7.02. The van der Waals surface area contributed by atoms with Crippen molar-refractivity contribution in [2.24, 2.45) is 0 Å². The Labute approximate surface area is 307 Å². The summed E-state index contributed by atoms with van der Waals surface area (Å²) in [6.45, 7) is 0. The zero-order valence-corrected chi connectivity index (χ0v) is 28.7. The van der Waals surface area contributed by atoms with Crippen LogP contribution >= 0.6 is 0 Å². The van der Waals surface area contributed by atoms with Crippen molar-refractivity contribution >= 4 is 87.0 Å². The number of hydrogen-bond donors (Lipinski definition) is 0. The highest BCUT2D eigenvalue weighted by Crippen LogP contribution is 2.46. The van der Waals surface area contributed by atoms with Crippen molar-refractivity contribution < 1.29 is 8.83 Å². The SMILES string of the molecule is c1ccc(-c2nc(-c3ccc4oc5ccccc5c4c3)nc(-c3c4ccccc4cc4oc5c(ccc6c7ccccc7c7ccccc7c65)c34)n2)cc1. The minimum atomic E-state index is 0.586. The van der Waals surface area contributed by atoms with Gasteiger partial charge in [0, 0.05) is 43.6 Å². The van der Waals surface area contributed by atoms with Gasteiger partial charge in [0.15, 0.2) is 17.5 Å². The molecule has 54 heavy (non-hydrogen) atoms. The van der Waals surface area contributed by atoms with Gasteiger partial charge in [-0.15, -0.1) is 0 Å². The third-order valence-electron chi connectivity index (χ3n) is 10.9. The molecular weight excluding hydrogens is 663 g/mol. The molecule has 12 aromatic rings. The lowest BCUT2D eigenvalue weighted by atomic mass is 9.92. The van der Waals surface area contributed by atoms with E-state index in [1.807, 2.05) is 60.7 Å². The summed E-state index contributed by atoms with van der Waals surface area (Å²) in [6, 6.07) is 56.7. The topological polar surface area (TPSA) is 65.0 Å². The Bertz CT molecular complexity index is 3470. The maximum atomic E-state index is 7.02. The number of para-hydroxylation sites is 1. The molecule has 0 atom stereocenters. The number of hydrogen-bond acceptors (Lipinski definition) is 5. The van der Waals surface area contributed by atoms with Crippen LogP contribution < -0.4 is 0 Å². The Morgan fingerprint density at radius 3 is 1.69 bits per heavy atom. The van der Waals surface area contributed by atoms with Crippen LogP contribution in [-0.4, -0.2) is 15.0 Å². The highest BCUT2D eigenvalue weighted by molar-refractivity contribution is 6.33. The summed E-state index contributed by atoms with van der Waals surface area (Å²) in [4.78, 5) is 15.7. The first-order valence-corrected chi connectivity index (χ1v) is 18.1. The monoisotopic (exact) mass is 689 g/mol. The fourth-order valence-electron chi connectivity index (χ4n) is 8.48. The fourth-order valence-corrected chi connectivity index (χ4v) is 8.48. The summed E-state index contributed by atoms with van der Waals surface area (Å²) < 4.78 is 13.2. The molecule has 5 heteroatoms. The van der Waals surface area contributed by atoms with E-state index in [1.165, 1.54) is 16.2 Å². The third-order valence-corrected chi connectivity index (χ3v) is 10.9. The molecule has 9 aromatic carbocycles. The lowest BCUT2D eigenvalue weighted by Crippen LogP contribution is -2.01. The first-order chi connectivity index (χ1) is 26.8. The summed E-state index contributed by atoms with van der Waals surface area (Å²) in [5.74, 6) is 1.77. The molecule has 0 N–H and O–H groups in total. The zero-order chi connectivity index (χ0) is 35.3. The van der Waals surface area contributed by atoms with Gasteiger partial charge >= 0.3 is 0 Å². The Hall–Kier alpha value is -7.37. The molecule has 3 heterocycles. The van der Waals surface area contributed by atoms with Gasteiger partial charge in [0.1, 0.15) is 22.3 Å². The van der Waals surface area contributed by atoms with E-state index in [1.54, 1.807) is 0 Å². The molecule has 3 aromatic heterocycles. The molecule has 0 aliphatic carbocycles. The Morgan fingerprint density at radius 2 is 0.889 bits per heavy atom. The van der Waals surface area contributed by atoms with Gasteiger partial charge in [0.05, 0.1) is 0 Å². The van der Waals surface area contributed by atoms with E-state index in [4.69, 9.17) is 23.8 Å². The summed E-state index contributed by atoms with van der Waals surface area (Å²) in [6.07, 6.45) is 0. The Balaban J connectivity index is 1.20. The Morgan fingerprint density at radius 1 is 0.315 bits per heavy atom. The highest BCUT2D eigenvalue weighted by atomic mass is 16.3. The molecule has 250 valence electrons. The smallest absolute Gasteiger partial charge is 0.165 e. The van der Waals surface area contributed by atoms with Gasteiger partial charge in [-0.05, 0) is 74.1 Å².